The second kappa shape index (κ2) is 4.07. The number of hydrogen-bond donors (Lipinski definition) is 0. The van der Waals surface area contributed by atoms with E-state index in [-0.39, 0.29) is 0 Å². The molecule has 0 bridgehead atoms. The molecule has 0 atom stereocenters. The highest BCUT2D eigenvalue weighted by Gasteiger charge is 2.61. The van der Waals surface area contributed by atoms with Gasteiger partial charge in [0.25, 0.3) is 0 Å². The van der Waals surface area contributed by atoms with Crippen LogP contribution in [0.5, 0.6) is 5.75 Å². The number of hydrogen-bond acceptors (Lipinski definition) is 2. The summed E-state index contributed by atoms with van der Waals surface area (Å²) >= 11 is 0. The van der Waals surface area contributed by atoms with Gasteiger partial charge >= 0.3 is 12.3 Å². The van der Waals surface area contributed by atoms with E-state index in [2.05, 4.69) is 4.74 Å². The lowest BCUT2D eigenvalue weighted by Crippen LogP contribution is -2.42. The average molecular weight is 239 g/mol. The van der Waals surface area contributed by atoms with Crippen molar-refractivity contribution >= 4 is 6.29 Å². The van der Waals surface area contributed by atoms with E-state index in [4.69, 9.17) is 0 Å². The van der Waals surface area contributed by atoms with E-state index in [1.54, 1.807) is 0 Å². The highest BCUT2D eigenvalue weighted by Crippen LogP contribution is 2.37. The summed E-state index contributed by atoms with van der Waals surface area (Å²) in [5, 5.41) is 0. The zero-order valence-corrected chi connectivity index (χ0v) is 7.52. The minimum Gasteiger partial charge on any atom is -0.425 e. The van der Waals surface area contributed by atoms with Gasteiger partial charge in [-0.05, 0) is 12.1 Å². The van der Waals surface area contributed by atoms with Crippen LogP contribution < -0.4 is 4.74 Å². The van der Waals surface area contributed by atoms with Gasteiger partial charge in [0.2, 0.25) is 6.29 Å². The van der Waals surface area contributed by atoms with Crippen LogP contribution in [0.25, 0.3) is 0 Å². The van der Waals surface area contributed by atoms with Gasteiger partial charge in [-0.15, -0.1) is 0 Å². The summed E-state index contributed by atoms with van der Waals surface area (Å²) in [5.74, 6) is -0.875. The van der Waals surface area contributed by atoms with Gasteiger partial charge in [0, 0.05) is 0 Å². The lowest BCUT2D eigenvalue weighted by Gasteiger charge is -2.20. The summed E-state index contributed by atoms with van der Waals surface area (Å²) in [7, 11) is 0. The molecule has 0 unspecified atom stereocenters. The summed E-state index contributed by atoms with van der Waals surface area (Å²) in [6.07, 6.45) is -10.00. The fourth-order valence-corrected chi connectivity index (χ4v) is 0.836. The molecule has 0 saturated heterocycles. The van der Waals surface area contributed by atoms with Crippen LogP contribution in [0.1, 0.15) is 5.56 Å². The Balaban J connectivity index is 3.01. The molecule has 0 heterocycles. The van der Waals surface area contributed by atoms with Crippen molar-refractivity contribution in [3.63, 3.8) is 0 Å². The summed E-state index contributed by atoms with van der Waals surface area (Å²) in [4.78, 5) is 10.2. The van der Waals surface area contributed by atoms with Gasteiger partial charge in [0.05, 0.1) is 5.56 Å². The molecule has 0 spiro atoms. The zero-order chi connectivity index (χ0) is 12.4. The fraction of sp³-hybridized carbons (Fsp3) is 0.222. The molecule has 1 rings (SSSR count). The topological polar surface area (TPSA) is 26.3 Å². The summed E-state index contributed by atoms with van der Waals surface area (Å²) < 4.78 is 63.7. The number of carbonyl (C=O) groups excluding carboxylic acids is 1. The van der Waals surface area contributed by atoms with Crippen LogP contribution in [0, 0.1) is 0 Å². The molecule has 16 heavy (non-hydrogen) atoms. The molecule has 0 saturated carbocycles. The Morgan fingerprint density at radius 2 is 1.62 bits per heavy atom. The predicted octanol–water partition coefficient (Wildman–Crippen LogP) is 2.68. The molecule has 0 aromatic heterocycles. The minimum absolute atomic E-state index is 0.508. The molecular formula is C9H4F5O2. The molecule has 2 nitrogen and oxygen atoms in total. The van der Waals surface area contributed by atoms with E-state index in [9.17, 15) is 26.7 Å². The Hall–Kier alpha value is -1.66. The second-order valence-corrected chi connectivity index (χ2v) is 2.71. The molecule has 1 aromatic rings. The number of benzene rings is 1. The number of ether oxygens (including phenoxy) is 1. The van der Waals surface area contributed by atoms with Crippen LogP contribution in [0.2, 0.25) is 0 Å². The summed E-state index contributed by atoms with van der Waals surface area (Å²) in [5.41, 5.74) is -0.508. The van der Waals surface area contributed by atoms with Crippen molar-refractivity contribution in [3.8, 4) is 5.75 Å². The van der Waals surface area contributed by atoms with Gasteiger partial charge in [-0.3, -0.25) is 4.79 Å². The lowest BCUT2D eigenvalue weighted by atomic mass is 10.2. The number of rotatable bonds is 3. The van der Waals surface area contributed by atoms with E-state index in [0.717, 1.165) is 18.2 Å². The second-order valence-electron chi connectivity index (χ2n) is 2.71. The van der Waals surface area contributed by atoms with Crippen molar-refractivity contribution in [2.75, 3.05) is 0 Å². The molecule has 0 fully saturated rings. The molecule has 0 aliphatic heterocycles. The van der Waals surface area contributed by atoms with Crippen LogP contribution in [-0.4, -0.2) is 18.6 Å². The van der Waals surface area contributed by atoms with Gasteiger partial charge in [-0.2, -0.15) is 22.0 Å². The largest absolute Gasteiger partial charge is 0.499 e. The SMILES string of the molecule is O=[C]c1ccccc1OC(F)(F)C(F)(F)F. The maximum Gasteiger partial charge on any atom is 0.499 e. The van der Waals surface area contributed by atoms with E-state index in [1.807, 2.05) is 0 Å². The van der Waals surface area contributed by atoms with Crippen LogP contribution in [0.4, 0.5) is 22.0 Å². The van der Waals surface area contributed by atoms with Crippen LogP contribution in [0.3, 0.4) is 0 Å². The molecule has 1 radical (unpaired) electrons. The van der Waals surface area contributed by atoms with Crippen molar-refractivity contribution < 1.29 is 31.5 Å². The Bertz CT molecular complexity index is 386. The highest BCUT2D eigenvalue weighted by atomic mass is 19.4. The van der Waals surface area contributed by atoms with Gasteiger partial charge < -0.3 is 4.74 Å². The van der Waals surface area contributed by atoms with E-state index in [1.165, 1.54) is 12.4 Å². The minimum atomic E-state index is -5.84. The highest BCUT2D eigenvalue weighted by molar-refractivity contribution is 5.79. The number of para-hydroxylation sites is 1. The quantitative estimate of drug-likeness (QED) is 0.758. The molecule has 0 aliphatic carbocycles. The van der Waals surface area contributed by atoms with Crippen molar-refractivity contribution in [1.82, 2.24) is 0 Å². The van der Waals surface area contributed by atoms with Gasteiger partial charge in [-0.25, -0.2) is 0 Å². The Kier molecular flexibility index (Phi) is 3.16. The zero-order valence-electron chi connectivity index (χ0n) is 7.52. The first-order valence-electron chi connectivity index (χ1n) is 3.88. The average Bonchev–Trinajstić information content (AvgIpc) is 2.16. The van der Waals surface area contributed by atoms with Crippen molar-refractivity contribution in [2.45, 2.75) is 12.3 Å². The third-order valence-corrected chi connectivity index (χ3v) is 1.57. The first-order valence-corrected chi connectivity index (χ1v) is 3.88. The molecule has 0 aliphatic rings. The molecule has 87 valence electrons. The Labute approximate surface area is 86.6 Å². The summed E-state index contributed by atoms with van der Waals surface area (Å²) in [6, 6.07) is 4.26. The summed E-state index contributed by atoms with van der Waals surface area (Å²) in [6.45, 7) is 0. The Morgan fingerprint density at radius 1 is 1.06 bits per heavy atom. The first kappa shape index (κ1) is 12.4. The Morgan fingerprint density at radius 3 is 2.12 bits per heavy atom. The number of alkyl halides is 5. The van der Waals surface area contributed by atoms with Crippen LogP contribution in [-0.2, 0) is 4.79 Å². The van der Waals surface area contributed by atoms with Crippen molar-refractivity contribution in [2.24, 2.45) is 0 Å². The third-order valence-electron chi connectivity index (χ3n) is 1.57. The smallest absolute Gasteiger partial charge is 0.425 e. The van der Waals surface area contributed by atoms with E-state index >= 15 is 0 Å². The monoisotopic (exact) mass is 239 g/mol. The third kappa shape index (κ3) is 2.47. The molecule has 0 amide bonds. The van der Waals surface area contributed by atoms with E-state index in [0.29, 0.717) is 0 Å². The maximum absolute atomic E-state index is 12.5. The van der Waals surface area contributed by atoms with Crippen molar-refractivity contribution in [1.29, 1.82) is 0 Å². The fourth-order valence-electron chi connectivity index (χ4n) is 0.836. The van der Waals surface area contributed by atoms with Gasteiger partial charge in [0.15, 0.2) is 0 Å². The van der Waals surface area contributed by atoms with Crippen molar-refractivity contribution in [3.05, 3.63) is 29.8 Å². The van der Waals surface area contributed by atoms with Crippen LogP contribution >= 0.6 is 0 Å². The predicted molar refractivity (Wildman–Crippen MR) is 42.9 cm³/mol. The van der Waals surface area contributed by atoms with Crippen LogP contribution in [0.15, 0.2) is 24.3 Å². The lowest BCUT2D eigenvalue weighted by molar-refractivity contribution is -0.360. The normalized spacial score (nSPS) is 12.3. The first-order chi connectivity index (χ1) is 7.28. The van der Waals surface area contributed by atoms with E-state index < -0.39 is 23.6 Å². The van der Waals surface area contributed by atoms with Gasteiger partial charge in [-0.1, -0.05) is 12.1 Å². The maximum atomic E-state index is 12.5. The standard InChI is InChI=1S/C9H4F5O2/c10-8(11,12)9(13,14)16-7-4-2-1-3-6(7)5-15/h1-4H. The number of halogens is 5. The molecular weight excluding hydrogens is 235 g/mol. The molecule has 7 heteroatoms. The molecule has 1 aromatic carbocycles. The van der Waals surface area contributed by atoms with Gasteiger partial charge in [0.1, 0.15) is 5.75 Å². The molecule has 0 N–H and O–H groups in total.